The zero-order chi connectivity index (χ0) is 38.5. The molecule has 1 unspecified atom stereocenters. The Morgan fingerprint density at radius 1 is 0.830 bits per heavy atom. The van der Waals surface area contributed by atoms with E-state index in [2.05, 4.69) is 22.5 Å². The third kappa shape index (κ3) is 18.2. The molecule has 53 heavy (non-hydrogen) atoms. The predicted molar refractivity (Wildman–Crippen MR) is 213 cm³/mol. The molecule has 0 fully saturated rings. The van der Waals surface area contributed by atoms with Crippen LogP contribution in [0.1, 0.15) is 115 Å². The van der Waals surface area contributed by atoms with Gasteiger partial charge in [0.25, 0.3) is 0 Å². The molecule has 292 valence electrons. The van der Waals surface area contributed by atoms with Gasteiger partial charge in [0.1, 0.15) is 18.8 Å². The van der Waals surface area contributed by atoms with Gasteiger partial charge in [-0.3, -0.25) is 14.9 Å². The maximum Gasteiger partial charge on any atom is 0.328 e. The standard InChI is InChI=1S/C39H52Cl3N3O7S/c1-2-3-4-5-6-7-8-9-10-11-15-23-32(29(35(47)48)26-39(40,41)42)52-36(49)31(22-18-25-34(46)51-27-28-19-13-12-14-20-28)43-37(50)45-38-44-30-21-16-17-24-33(30)53-38/h12-14,16-17,19-21,24,29,31-32H,2-11,15,18,22-23,25-27H2,1H3,(H,47,48)(H2,43,44,45,50)/t29?,31-,32-/m0/s1. The van der Waals surface area contributed by atoms with Crippen LogP contribution in [0, 0.1) is 5.92 Å². The molecule has 0 aliphatic heterocycles. The summed E-state index contributed by atoms with van der Waals surface area (Å²) in [5.74, 6) is -3.90. The van der Waals surface area contributed by atoms with E-state index in [0.29, 0.717) is 17.1 Å². The predicted octanol–water partition coefficient (Wildman–Crippen LogP) is 10.8. The van der Waals surface area contributed by atoms with Crippen LogP contribution in [0.25, 0.3) is 10.2 Å². The summed E-state index contributed by atoms with van der Waals surface area (Å²) in [7, 11) is 0. The molecule has 0 aliphatic carbocycles. The van der Waals surface area contributed by atoms with Crippen LogP contribution in [0.15, 0.2) is 54.6 Å². The second kappa shape index (κ2) is 24.3. The van der Waals surface area contributed by atoms with Crippen LogP contribution < -0.4 is 10.6 Å². The molecule has 0 saturated heterocycles. The monoisotopic (exact) mass is 811 g/mol. The zero-order valence-corrected chi connectivity index (χ0v) is 33.4. The number of aliphatic carboxylic acids is 1. The number of halogens is 3. The molecule has 1 heterocycles. The average Bonchev–Trinajstić information content (AvgIpc) is 3.53. The molecule has 3 aromatic rings. The van der Waals surface area contributed by atoms with Crippen molar-refractivity contribution in [2.75, 3.05) is 5.32 Å². The minimum Gasteiger partial charge on any atom is -0.481 e. The number of fused-ring (bicyclic) bond motifs is 1. The van der Waals surface area contributed by atoms with Gasteiger partial charge in [0.15, 0.2) is 8.92 Å². The number of rotatable bonds is 25. The number of urea groups is 1. The minimum absolute atomic E-state index is 0.0138. The number of ether oxygens (including phenoxy) is 2. The fourth-order valence-corrected chi connectivity index (χ4v) is 7.30. The van der Waals surface area contributed by atoms with Gasteiger partial charge in [0, 0.05) is 12.8 Å². The van der Waals surface area contributed by atoms with Crippen molar-refractivity contribution in [3.8, 4) is 0 Å². The van der Waals surface area contributed by atoms with Gasteiger partial charge in [0.05, 0.1) is 16.1 Å². The molecule has 2 aromatic carbocycles. The number of thiazole rings is 1. The third-order valence-corrected chi connectivity index (χ3v) is 10.2. The molecule has 3 rings (SSSR count). The molecular weight excluding hydrogens is 761 g/mol. The Bertz CT molecular complexity index is 1520. The van der Waals surface area contributed by atoms with Gasteiger partial charge in [-0.1, -0.05) is 160 Å². The smallest absolute Gasteiger partial charge is 0.328 e. The molecule has 0 spiro atoms. The number of alkyl halides is 3. The van der Waals surface area contributed by atoms with Gasteiger partial charge in [-0.2, -0.15) is 0 Å². The number of anilines is 1. The fraction of sp³-hybridized carbons (Fsp3) is 0.564. The summed E-state index contributed by atoms with van der Waals surface area (Å²) in [5.41, 5.74) is 1.54. The van der Waals surface area contributed by atoms with Crippen molar-refractivity contribution >= 4 is 85.4 Å². The SMILES string of the molecule is CCCCCCCCCCCCC[C@H](OC(=O)[C@H](CCCC(=O)OCc1ccccc1)NC(=O)Nc1nc2ccccc2s1)C(CC(Cl)(Cl)Cl)C(=O)O. The normalized spacial score (nSPS) is 13.2. The number of nitrogens with one attached hydrogen (secondary N) is 2. The van der Waals surface area contributed by atoms with Crippen molar-refractivity contribution in [3.05, 3.63) is 60.2 Å². The highest BCUT2D eigenvalue weighted by atomic mass is 35.6. The van der Waals surface area contributed by atoms with Crippen molar-refractivity contribution in [2.24, 2.45) is 5.92 Å². The topological polar surface area (TPSA) is 144 Å². The second-order valence-electron chi connectivity index (χ2n) is 13.2. The Balaban J connectivity index is 1.65. The first-order valence-electron chi connectivity index (χ1n) is 18.6. The number of carboxylic acids is 1. The van der Waals surface area contributed by atoms with Crippen molar-refractivity contribution in [2.45, 2.75) is 132 Å². The van der Waals surface area contributed by atoms with E-state index in [1.807, 2.05) is 54.6 Å². The van der Waals surface area contributed by atoms with Gasteiger partial charge in [-0.05, 0) is 43.4 Å². The number of para-hydroxylation sites is 1. The van der Waals surface area contributed by atoms with Crippen molar-refractivity contribution in [3.63, 3.8) is 0 Å². The Morgan fingerprint density at radius 3 is 2.08 bits per heavy atom. The van der Waals surface area contributed by atoms with Gasteiger partial charge in [-0.25, -0.2) is 14.6 Å². The number of carbonyl (C=O) groups is 4. The number of amides is 2. The Hall–Kier alpha value is -3.12. The molecule has 2 amide bonds. The van der Waals surface area contributed by atoms with Gasteiger partial charge in [-0.15, -0.1) is 0 Å². The van der Waals surface area contributed by atoms with Crippen LogP contribution >= 0.6 is 46.1 Å². The zero-order valence-electron chi connectivity index (χ0n) is 30.3. The lowest BCUT2D eigenvalue weighted by Crippen LogP contribution is -2.46. The summed E-state index contributed by atoms with van der Waals surface area (Å²) in [6.45, 7) is 2.31. The van der Waals surface area contributed by atoms with Crippen molar-refractivity contribution in [1.82, 2.24) is 10.3 Å². The lowest BCUT2D eigenvalue weighted by molar-refractivity contribution is -0.161. The van der Waals surface area contributed by atoms with Crippen LogP contribution in [0.2, 0.25) is 0 Å². The molecule has 14 heteroatoms. The van der Waals surface area contributed by atoms with E-state index in [0.717, 1.165) is 35.9 Å². The van der Waals surface area contributed by atoms with Crippen molar-refractivity contribution < 1.29 is 33.8 Å². The Labute approximate surface area is 331 Å². The molecule has 3 atom stereocenters. The van der Waals surface area contributed by atoms with Crippen molar-refractivity contribution in [1.29, 1.82) is 0 Å². The molecule has 1 aromatic heterocycles. The Morgan fingerprint density at radius 2 is 1.45 bits per heavy atom. The van der Waals surface area contributed by atoms with Crippen LogP contribution in [-0.2, 0) is 30.5 Å². The van der Waals surface area contributed by atoms with Crippen LogP contribution in [0.4, 0.5) is 9.93 Å². The van der Waals surface area contributed by atoms with E-state index in [1.165, 1.54) is 49.9 Å². The summed E-state index contributed by atoms with van der Waals surface area (Å²) >= 11 is 19.4. The highest BCUT2D eigenvalue weighted by molar-refractivity contribution is 7.22. The number of carboxylic acid groups (broad SMARTS) is 1. The summed E-state index contributed by atoms with van der Waals surface area (Å²) in [6, 6.07) is 14.7. The number of hydrogen-bond acceptors (Lipinski definition) is 8. The maximum atomic E-state index is 13.8. The number of nitrogens with zero attached hydrogens (tertiary/aromatic N) is 1. The number of carbonyl (C=O) groups excluding carboxylic acids is 3. The number of aromatic nitrogens is 1. The Kier molecular flexibility index (Phi) is 20.3. The summed E-state index contributed by atoms with van der Waals surface area (Å²) in [5, 5.41) is 15.8. The number of hydrogen-bond donors (Lipinski definition) is 3. The first kappa shape index (κ1) is 44.3. The summed E-state index contributed by atoms with van der Waals surface area (Å²) in [6.07, 6.45) is 11.0. The molecule has 0 radical (unpaired) electrons. The number of esters is 2. The molecule has 3 N–H and O–H groups in total. The maximum absolute atomic E-state index is 13.8. The number of benzene rings is 2. The van der Waals surface area contributed by atoms with Gasteiger partial charge in [0.2, 0.25) is 0 Å². The van der Waals surface area contributed by atoms with Gasteiger partial charge >= 0.3 is 23.9 Å². The average molecular weight is 813 g/mol. The van der Waals surface area contributed by atoms with Crippen LogP contribution in [-0.4, -0.2) is 50.0 Å². The van der Waals surface area contributed by atoms with E-state index >= 15 is 0 Å². The quantitative estimate of drug-likeness (QED) is 0.0436. The first-order valence-corrected chi connectivity index (χ1v) is 20.5. The largest absolute Gasteiger partial charge is 0.481 e. The molecule has 0 bridgehead atoms. The summed E-state index contributed by atoms with van der Waals surface area (Å²) in [4.78, 5) is 56.3. The highest BCUT2D eigenvalue weighted by Gasteiger charge is 2.39. The first-order chi connectivity index (χ1) is 25.4. The van der Waals surface area contributed by atoms with E-state index < -0.39 is 45.8 Å². The summed E-state index contributed by atoms with van der Waals surface area (Å²) < 4.78 is 10.2. The van der Waals surface area contributed by atoms with E-state index in [-0.39, 0.29) is 38.7 Å². The van der Waals surface area contributed by atoms with E-state index in [4.69, 9.17) is 44.3 Å². The highest BCUT2D eigenvalue weighted by Crippen LogP contribution is 2.36. The molecule has 10 nitrogen and oxygen atoms in total. The lowest BCUT2D eigenvalue weighted by atomic mass is 9.94. The fourth-order valence-electron chi connectivity index (χ4n) is 5.94. The van der Waals surface area contributed by atoms with E-state index in [9.17, 15) is 24.3 Å². The molecular formula is C39H52Cl3N3O7S. The van der Waals surface area contributed by atoms with Crippen LogP contribution in [0.5, 0.6) is 0 Å². The second-order valence-corrected chi connectivity index (χ2v) is 16.8. The third-order valence-electron chi connectivity index (χ3n) is 8.80. The molecule has 0 saturated carbocycles. The van der Waals surface area contributed by atoms with Gasteiger partial charge < -0.3 is 19.9 Å². The number of unbranched alkanes of at least 4 members (excludes halogenated alkanes) is 10. The van der Waals surface area contributed by atoms with E-state index in [1.54, 1.807) is 0 Å². The lowest BCUT2D eigenvalue weighted by Gasteiger charge is -2.28. The molecule has 0 aliphatic rings. The van der Waals surface area contributed by atoms with Crippen LogP contribution in [0.3, 0.4) is 0 Å². The minimum atomic E-state index is -1.90.